The van der Waals surface area contributed by atoms with Crippen LogP contribution in [-0.4, -0.2) is 44.6 Å². The summed E-state index contributed by atoms with van der Waals surface area (Å²) in [6.45, 7) is 2.03. The molecule has 0 fully saturated rings. The van der Waals surface area contributed by atoms with E-state index in [1.807, 2.05) is 96.7 Å². The maximum atomic E-state index is 14.0. The van der Waals surface area contributed by atoms with E-state index in [2.05, 4.69) is 0 Å². The van der Waals surface area contributed by atoms with Gasteiger partial charge in [0, 0.05) is 29.3 Å². The number of carbonyl (C=O) groups is 2. The molecule has 1 amide bonds. The predicted molar refractivity (Wildman–Crippen MR) is 160 cm³/mol. The topological polar surface area (TPSA) is 97.0 Å². The van der Waals surface area contributed by atoms with Crippen LogP contribution in [-0.2, 0) is 0 Å². The van der Waals surface area contributed by atoms with Gasteiger partial charge in [-0.1, -0.05) is 54.1 Å². The molecule has 1 N–H and O–H groups in total. The van der Waals surface area contributed by atoms with E-state index in [0.717, 1.165) is 45.1 Å². The fourth-order valence-electron chi connectivity index (χ4n) is 5.10. The van der Waals surface area contributed by atoms with Crippen LogP contribution < -0.4 is 4.74 Å². The molecule has 0 bridgehead atoms. The number of aromatic nitrogens is 2. The van der Waals surface area contributed by atoms with Crippen molar-refractivity contribution >= 4 is 17.6 Å². The molecule has 1 atom stereocenters. The summed E-state index contributed by atoms with van der Waals surface area (Å²) < 4.78 is 7.15. The van der Waals surface area contributed by atoms with E-state index < -0.39 is 17.9 Å². The van der Waals surface area contributed by atoms with Gasteiger partial charge in [-0.25, -0.2) is 14.5 Å². The molecule has 8 nitrogen and oxygen atoms in total. The number of methoxy groups -OCH3 is 1. The average molecular weight is 557 g/mol. The third kappa shape index (κ3) is 5.17. The molecule has 1 aromatic heterocycles. The lowest BCUT2D eigenvalue weighted by Gasteiger charge is -2.22. The van der Waals surface area contributed by atoms with Gasteiger partial charge in [0.05, 0.1) is 35.8 Å². The molecule has 0 spiro atoms. The zero-order chi connectivity index (χ0) is 29.2. The third-order valence-corrected chi connectivity index (χ3v) is 7.35. The summed E-state index contributed by atoms with van der Waals surface area (Å²) in [6, 6.07) is 31.0. The van der Waals surface area contributed by atoms with Crippen LogP contribution in [0, 0.1) is 6.92 Å². The van der Waals surface area contributed by atoms with Gasteiger partial charge < -0.3 is 9.84 Å². The fourth-order valence-corrected chi connectivity index (χ4v) is 5.10. The second-order valence-electron chi connectivity index (χ2n) is 10.1. The van der Waals surface area contributed by atoms with Crippen molar-refractivity contribution in [2.24, 2.45) is 5.10 Å². The number of nitrogens with zero attached hydrogens (tertiary/aromatic N) is 4. The molecule has 6 rings (SSSR count). The van der Waals surface area contributed by atoms with Crippen molar-refractivity contribution in [3.63, 3.8) is 0 Å². The zero-order valence-electron chi connectivity index (χ0n) is 23.1. The highest BCUT2D eigenvalue weighted by atomic mass is 16.5. The fraction of sp³-hybridized carbons (Fsp3) is 0.118. The Hall–Kier alpha value is -5.50. The number of hydrogen-bond donors (Lipinski definition) is 1. The van der Waals surface area contributed by atoms with E-state index in [1.54, 1.807) is 19.2 Å². The molecule has 1 unspecified atom stereocenters. The van der Waals surface area contributed by atoms with Gasteiger partial charge in [-0.3, -0.25) is 4.79 Å². The number of hydrazone groups is 1. The van der Waals surface area contributed by atoms with Crippen molar-refractivity contribution in [1.29, 1.82) is 0 Å². The van der Waals surface area contributed by atoms with Crippen molar-refractivity contribution in [1.82, 2.24) is 14.8 Å². The highest BCUT2D eigenvalue weighted by Gasteiger charge is 2.37. The number of hydrogen-bond acceptors (Lipinski definition) is 5. The van der Waals surface area contributed by atoms with E-state index in [-0.39, 0.29) is 11.1 Å². The monoisotopic (exact) mass is 556 g/mol. The second kappa shape index (κ2) is 11.2. The minimum atomic E-state index is -1.10. The molecule has 0 aliphatic carbocycles. The first-order chi connectivity index (χ1) is 20.4. The average Bonchev–Trinajstić information content (AvgIpc) is 3.67. The molecule has 5 aromatic rings. The van der Waals surface area contributed by atoms with Gasteiger partial charge in [-0.15, -0.1) is 0 Å². The van der Waals surface area contributed by atoms with Crippen molar-refractivity contribution < 1.29 is 19.4 Å². The summed E-state index contributed by atoms with van der Waals surface area (Å²) in [5.41, 5.74) is 6.38. The summed E-state index contributed by atoms with van der Waals surface area (Å²) in [5.74, 6) is -0.775. The number of benzene rings is 4. The Labute approximate surface area is 243 Å². The molecule has 8 heteroatoms. The molecule has 1 aliphatic rings. The Morgan fingerprint density at radius 3 is 2.24 bits per heavy atom. The minimum absolute atomic E-state index is 0.0354. The van der Waals surface area contributed by atoms with Gasteiger partial charge in [-0.2, -0.15) is 10.2 Å². The summed E-state index contributed by atoms with van der Waals surface area (Å²) in [4.78, 5) is 25.7. The lowest BCUT2D eigenvalue weighted by Crippen LogP contribution is -2.27. The van der Waals surface area contributed by atoms with Crippen LogP contribution in [0.4, 0.5) is 0 Å². The molecule has 0 saturated carbocycles. The van der Waals surface area contributed by atoms with E-state index in [9.17, 15) is 14.7 Å². The van der Waals surface area contributed by atoms with E-state index in [0.29, 0.717) is 6.42 Å². The van der Waals surface area contributed by atoms with Crippen LogP contribution in [0.15, 0.2) is 114 Å². The second-order valence-corrected chi connectivity index (χ2v) is 10.1. The molecule has 1 aliphatic heterocycles. The van der Waals surface area contributed by atoms with Crippen LogP contribution in [0.5, 0.6) is 5.75 Å². The first kappa shape index (κ1) is 26.7. The summed E-state index contributed by atoms with van der Waals surface area (Å²) in [5, 5.41) is 20.8. The largest absolute Gasteiger partial charge is 0.497 e. The number of aryl methyl sites for hydroxylation is 1. The molecule has 4 aromatic carbocycles. The molecule has 0 radical (unpaired) electrons. The number of rotatable bonds is 7. The summed E-state index contributed by atoms with van der Waals surface area (Å²) in [6.07, 6.45) is 2.39. The minimum Gasteiger partial charge on any atom is -0.497 e. The molecule has 42 heavy (non-hydrogen) atoms. The molecular weight excluding hydrogens is 528 g/mol. The van der Waals surface area contributed by atoms with Crippen LogP contribution in [0.3, 0.4) is 0 Å². The van der Waals surface area contributed by atoms with Crippen molar-refractivity contribution in [3.8, 4) is 22.7 Å². The van der Waals surface area contributed by atoms with Crippen LogP contribution in [0.1, 0.15) is 49.9 Å². The molecule has 208 valence electrons. The number of carboxylic acids is 1. The number of amides is 1. The van der Waals surface area contributed by atoms with Crippen LogP contribution in [0.25, 0.3) is 16.9 Å². The number of para-hydroxylation sites is 1. The lowest BCUT2D eigenvalue weighted by atomic mass is 9.95. The van der Waals surface area contributed by atoms with Gasteiger partial charge >= 0.3 is 5.97 Å². The molecular formula is C34H28N4O4. The number of ether oxygens (including phenoxy) is 1. The first-order valence-corrected chi connectivity index (χ1v) is 13.5. The van der Waals surface area contributed by atoms with Gasteiger partial charge in [-0.05, 0) is 67.1 Å². The Morgan fingerprint density at radius 1 is 0.857 bits per heavy atom. The Morgan fingerprint density at radius 2 is 1.55 bits per heavy atom. The number of aromatic carboxylic acids is 1. The van der Waals surface area contributed by atoms with E-state index in [1.165, 1.54) is 17.1 Å². The normalized spacial score (nSPS) is 14.5. The van der Waals surface area contributed by atoms with Gasteiger partial charge in [0.25, 0.3) is 5.91 Å². The number of carbonyl (C=O) groups excluding carboxylic acids is 1. The van der Waals surface area contributed by atoms with E-state index in [4.69, 9.17) is 14.9 Å². The van der Waals surface area contributed by atoms with Gasteiger partial charge in [0.15, 0.2) is 0 Å². The van der Waals surface area contributed by atoms with Gasteiger partial charge in [0.1, 0.15) is 5.75 Å². The Kier molecular flexibility index (Phi) is 7.10. The van der Waals surface area contributed by atoms with Crippen LogP contribution >= 0.6 is 0 Å². The van der Waals surface area contributed by atoms with Crippen LogP contribution in [0.2, 0.25) is 0 Å². The molecule has 0 saturated heterocycles. The smallest absolute Gasteiger partial charge is 0.335 e. The van der Waals surface area contributed by atoms with Crippen molar-refractivity contribution in [2.45, 2.75) is 19.4 Å². The van der Waals surface area contributed by atoms with E-state index >= 15 is 0 Å². The quantitative estimate of drug-likeness (QED) is 0.245. The highest BCUT2D eigenvalue weighted by Crippen LogP contribution is 2.39. The van der Waals surface area contributed by atoms with Gasteiger partial charge in [0.2, 0.25) is 0 Å². The third-order valence-electron chi connectivity index (χ3n) is 7.35. The summed E-state index contributed by atoms with van der Waals surface area (Å²) >= 11 is 0. The Balaban J connectivity index is 1.49. The SMILES string of the molecule is COc1ccc(C2=NN(C(=O)c3cccc(C(=O)O)c3)C(c3cn(-c4ccccc4)nc3-c3ccc(C)cc3)C2)cc1. The summed E-state index contributed by atoms with van der Waals surface area (Å²) in [7, 11) is 1.61. The number of carboxylic acid groups (broad SMARTS) is 1. The maximum Gasteiger partial charge on any atom is 0.335 e. The standard InChI is InChI=1S/C34H28N4O4/c1-22-11-13-24(14-12-22)32-29(21-37(36-32)27-9-4-3-5-10-27)31-20-30(23-15-17-28(42-2)18-16-23)35-38(31)33(39)25-7-6-8-26(19-25)34(40)41/h3-19,21,31H,20H2,1-2H3,(H,40,41). The highest BCUT2D eigenvalue weighted by molar-refractivity contribution is 6.05. The first-order valence-electron chi connectivity index (χ1n) is 13.5. The maximum absolute atomic E-state index is 14.0. The predicted octanol–water partition coefficient (Wildman–Crippen LogP) is 6.55. The Bertz CT molecular complexity index is 1790. The lowest BCUT2D eigenvalue weighted by molar-refractivity contribution is 0.0697. The zero-order valence-corrected chi connectivity index (χ0v) is 23.1. The van der Waals surface area contributed by atoms with Crippen molar-refractivity contribution in [3.05, 3.63) is 137 Å². The molecule has 2 heterocycles. The van der Waals surface area contributed by atoms with Crippen molar-refractivity contribution in [2.75, 3.05) is 7.11 Å².